The van der Waals surface area contributed by atoms with E-state index in [9.17, 15) is 22.4 Å². The molecule has 16 heavy (non-hydrogen) atoms. The first-order valence-electron chi connectivity index (χ1n) is 4.65. The zero-order chi connectivity index (χ0) is 12.3. The van der Waals surface area contributed by atoms with Crippen LogP contribution in [-0.2, 0) is 17.4 Å². The van der Waals surface area contributed by atoms with Crippen molar-refractivity contribution in [1.82, 2.24) is 0 Å². The third kappa shape index (κ3) is 3.05. The van der Waals surface area contributed by atoms with Crippen LogP contribution in [0.15, 0.2) is 18.2 Å². The fourth-order valence-corrected chi connectivity index (χ4v) is 1.34. The largest absolute Gasteiger partial charge is 0.419 e. The Morgan fingerprint density at radius 2 is 2.00 bits per heavy atom. The third-order valence-electron chi connectivity index (χ3n) is 2.13. The van der Waals surface area contributed by atoms with Gasteiger partial charge in [0.2, 0.25) is 0 Å². The topological polar surface area (TPSA) is 17.1 Å². The molecule has 0 saturated carbocycles. The van der Waals surface area contributed by atoms with Crippen molar-refractivity contribution >= 4 is 6.29 Å². The molecular weight excluding hydrogens is 224 g/mol. The molecule has 0 fully saturated rings. The molecule has 1 nitrogen and oxygen atoms in total. The molecule has 88 valence electrons. The highest BCUT2D eigenvalue weighted by Gasteiger charge is 2.34. The van der Waals surface area contributed by atoms with Crippen molar-refractivity contribution in [3.05, 3.63) is 35.1 Å². The van der Waals surface area contributed by atoms with Gasteiger partial charge < -0.3 is 4.79 Å². The first-order chi connectivity index (χ1) is 7.34. The average Bonchev–Trinajstić information content (AvgIpc) is 2.19. The summed E-state index contributed by atoms with van der Waals surface area (Å²) >= 11 is 0. The Balaban J connectivity index is 3.03. The number of hydrogen-bond acceptors (Lipinski definition) is 1. The molecule has 0 aromatic heterocycles. The second-order valence-corrected chi connectivity index (χ2v) is 3.63. The fraction of sp³-hybridized carbons (Fsp3) is 0.364. The summed E-state index contributed by atoms with van der Waals surface area (Å²) in [6, 6.07) is 2.77. The van der Waals surface area contributed by atoms with E-state index in [-0.39, 0.29) is 12.3 Å². The van der Waals surface area contributed by atoms with Gasteiger partial charge in [0.05, 0.1) is 5.56 Å². The number of hydrogen-bond donors (Lipinski definition) is 0. The number of halogens is 4. The van der Waals surface area contributed by atoms with E-state index in [0.717, 1.165) is 12.1 Å². The highest BCUT2D eigenvalue weighted by atomic mass is 19.4. The summed E-state index contributed by atoms with van der Waals surface area (Å²) in [5.74, 6) is -1.68. The maximum absolute atomic E-state index is 12.9. The Kier molecular flexibility index (Phi) is 3.67. The summed E-state index contributed by atoms with van der Waals surface area (Å²) in [6.07, 6.45) is -3.88. The van der Waals surface area contributed by atoms with Gasteiger partial charge in [0.25, 0.3) is 0 Å². The van der Waals surface area contributed by atoms with E-state index in [4.69, 9.17) is 0 Å². The quantitative estimate of drug-likeness (QED) is 0.579. The van der Waals surface area contributed by atoms with Gasteiger partial charge in [-0.25, -0.2) is 4.39 Å². The lowest BCUT2D eigenvalue weighted by molar-refractivity contribution is -0.140. The van der Waals surface area contributed by atoms with Gasteiger partial charge in [-0.05, 0) is 24.1 Å². The van der Waals surface area contributed by atoms with Crippen molar-refractivity contribution in [3.8, 4) is 0 Å². The molecule has 0 heterocycles. The van der Waals surface area contributed by atoms with Crippen LogP contribution in [0.3, 0.4) is 0 Å². The molecule has 0 saturated heterocycles. The Morgan fingerprint density at radius 3 is 2.50 bits per heavy atom. The summed E-state index contributed by atoms with van der Waals surface area (Å²) in [4.78, 5) is 10.4. The summed E-state index contributed by atoms with van der Waals surface area (Å²) in [5, 5.41) is 0. The second kappa shape index (κ2) is 4.63. The molecule has 1 atom stereocenters. The predicted octanol–water partition coefficient (Wildman–Crippen LogP) is 3.22. The zero-order valence-corrected chi connectivity index (χ0v) is 8.51. The number of alkyl halides is 3. The highest BCUT2D eigenvalue weighted by molar-refractivity contribution is 5.53. The van der Waals surface area contributed by atoms with Crippen molar-refractivity contribution in [2.75, 3.05) is 0 Å². The van der Waals surface area contributed by atoms with E-state index in [2.05, 4.69) is 0 Å². The van der Waals surface area contributed by atoms with E-state index in [1.54, 1.807) is 6.92 Å². The summed E-state index contributed by atoms with van der Waals surface area (Å²) in [7, 11) is 0. The Hall–Kier alpha value is -1.39. The van der Waals surface area contributed by atoms with Crippen molar-refractivity contribution in [3.63, 3.8) is 0 Å². The van der Waals surface area contributed by atoms with Gasteiger partial charge in [0, 0.05) is 5.92 Å². The van der Waals surface area contributed by atoms with Crippen LogP contribution in [0.2, 0.25) is 0 Å². The molecule has 1 unspecified atom stereocenters. The van der Waals surface area contributed by atoms with Crippen molar-refractivity contribution in [2.45, 2.75) is 19.5 Å². The first-order valence-corrected chi connectivity index (χ1v) is 4.65. The number of rotatable bonds is 3. The zero-order valence-electron chi connectivity index (χ0n) is 8.51. The maximum atomic E-state index is 12.9. The molecule has 0 bridgehead atoms. The monoisotopic (exact) mass is 234 g/mol. The summed E-state index contributed by atoms with van der Waals surface area (Å²) in [5.41, 5.74) is -0.989. The fourth-order valence-electron chi connectivity index (χ4n) is 1.34. The number of carbonyl (C=O) groups is 1. The second-order valence-electron chi connectivity index (χ2n) is 3.63. The summed E-state index contributed by atoms with van der Waals surface area (Å²) < 4.78 is 49.9. The SMILES string of the molecule is CC(C=O)Cc1ccc(F)c(C(F)(F)F)c1. The van der Waals surface area contributed by atoms with Gasteiger partial charge in [0.15, 0.2) is 0 Å². The van der Waals surface area contributed by atoms with Gasteiger partial charge in [-0.2, -0.15) is 13.2 Å². The lowest BCUT2D eigenvalue weighted by atomic mass is 10.0. The van der Waals surface area contributed by atoms with Gasteiger partial charge in [-0.3, -0.25) is 0 Å². The third-order valence-corrected chi connectivity index (χ3v) is 2.13. The maximum Gasteiger partial charge on any atom is 0.419 e. The van der Waals surface area contributed by atoms with E-state index in [1.807, 2.05) is 0 Å². The molecule has 0 aliphatic rings. The van der Waals surface area contributed by atoms with Gasteiger partial charge in [-0.15, -0.1) is 0 Å². The Bertz CT molecular complexity index is 384. The average molecular weight is 234 g/mol. The molecule has 0 spiro atoms. The van der Waals surface area contributed by atoms with E-state index >= 15 is 0 Å². The van der Waals surface area contributed by atoms with Gasteiger partial charge in [-0.1, -0.05) is 13.0 Å². The molecule has 0 aliphatic heterocycles. The van der Waals surface area contributed by atoms with E-state index < -0.39 is 17.6 Å². The predicted molar refractivity (Wildman–Crippen MR) is 50.3 cm³/mol. The Morgan fingerprint density at radius 1 is 1.38 bits per heavy atom. The van der Waals surface area contributed by atoms with Crippen LogP contribution in [0.25, 0.3) is 0 Å². The molecule has 1 rings (SSSR count). The lowest BCUT2D eigenvalue weighted by Crippen LogP contribution is -2.10. The smallest absolute Gasteiger partial charge is 0.303 e. The molecule has 1 aromatic rings. The van der Waals surface area contributed by atoms with Gasteiger partial charge in [0.1, 0.15) is 12.1 Å². The molecule has 1 aromatic carbocycles. The van der Waals surface area contributed by atoms with Crippen LogP contribution in [0.5, 0.6) is 0 Å². The number of aldehydes is 1. The number of carbonyl (C=O) groups excluding carboxylic acids is 1. The van der Waals surface area contributed by atoms with Crippen LogP contribution in [0.4, 0.5) is 17.6 Å². The van der Waals surface area contributed by atoms with Crippen LogP contribution < -0.4 is 0 Å². The minimum absolute atomic E-state index is 0.173. The minimum atomic E-state index is -4.70. The van der Waals surface area contributed by atoms with Crippen molar-refractivity contribution < 1.29 is 22.4 Å². The molecule has 5 heteroatoms. The molecule has 0 amide bonds. The first kappa shape index (κ1) is 12.7. The molecule has 0 radical (unpaired) electrons. The number of benzene rings is 1. The Labute approximate surface area is 90.1 Å². The lowest BCUT2D eigenvalue weighted by Gasteiger charge is -2.10. The van der Waals surface area contributed by atoms with Crippen LogP contribution in [0, 0.1) is 11.7 Å². The molecule has 0 N–H and O–H groups in total. The van der Waals surface area contributed by atoms with E-state index in [1.165, 1.54) is 6.07 Å². The normalized spacial score (nSPS) is 13.6. The van der Waals surface area contributed by atoms with Crippen molar-refractivity contribution in [1.29, 1.82) is 0 Å². The van der Waals surface area contributed by atoms with Crippen LogP contribution in [0.1, 0.15) is 18.1 Å². The molecule has 0 aliphatic carbocycles. The minimum Gasteiger partial charge on any atom is -0.303 e. The van der Waals surface area contributed by atoms with Crippen LogP contribution >= 0.6 is 0 Å². The van der Waals surface area contributed by atoms with Gasteiger partial charge >= 0.3 is 6.18 Å². The van der Waals surface area contributed by atoms with E-state index in [0.29, 0.717) is 11.8 Å². The van der Waals surface area contributed by atoms with Crippen LogP contribution in [-0.4, -0.2) is 6.29 Å². The standard InChI is InChI=1S/C11H10F4O/c1-7(6-16)4-8-2-3-10(12)9(5-8)11(13,14)15/h2-3,5-7H,4H2,1H3. The molecular formula is C11H10F4O. The highest BCUT2D eigenvalue weighted by Crippen LogP contribution is 2.32. The summed E-state index contributed by atoms with van der Waals surface area (Å²) in [6.45, 7) is 1.59. The van der Waals surface area contributed by atoms with Crippen molar-refractivity contribution in [2.24, 2.45) is 5.92 Å².